The number of aliphatic hydroxyl groups excluding tert-OH is 9. The van der Waals surface area contributed by atoms with E-state index in [1.54, 1.807) is 25.1 Å². The lowest BCUT2D eigenvalue weighted by Crippen LogP contribution is -2.25. The summed E-state index contributed by atoms with van der Waals surface area (Å²) in [6.45, 7) is 2.85. The molecule has 14 heteroatoms. The van der Waals surface area contributed by atoms with E-state index in [0.29, 0.717) is 32.4 Å². The first-order chi connectivity index (χ1) is 23.2. The highest BCUT2D eigenvalue weighted by molar-refractivity contribution is 5.78. The summed E-state index contributed by atoms with van der Waals surface area (Å²) in [6, 6.07) is 6.26. The van der Waals surface area contributed by atoms with Crippen LogP contribution >= 0.6 is 0 Å². The monoisotopic (exact) mass is 698 g/mol. The zero-order chi connectivity index (χ0) is 36.8. The molecule has 0 amide bonds. The first kappa shape index (κ1) is 44.4. The molecule has 1 rings (SSSR count). The van der Waals surface area contributed by atoms with Gasteiger partial charge in [0.15, 0.2) is 0 Å². The molecule has 0 fully saturated rings. The summed E-state index contributed by atoms with van der Waals surface area (Å²) in [6.07, 6.45) is -1.18. The van der Waals surface area contributed by atoms with Gasteiger partial charge in [-0.15, -0.1) is 0 Å². The lowest BCUT2D eigenvalue weighted by Gasteiger charge is -2.19. The number of nitro groups is 1. The van der Waals surface area contributed by atoms with Crippen LogP contribution in [-0.2, 0) is 11.3 Å². The summed E-state index contributed by atoms with van der Waals surface area (Å²) in [5, 5.41) is 105. The average molecular weight is 699 g/mol. The van der Waals surface area contributed by atoms with E-state index < -0.39 is 59.9 Å². The van der Waals surface area contributed by atoms with E-state index in [4.69, 9.17) is 0 Å². The van der Waals surface area contributed by atoms with Crippen LogP contribution in [0.5, 0.6) is 0 Å². The van der Waals surface area contributed by atoms with Crippen molar-refractivity contribution in [2.75, 3.05) is 6.54 Å². The minimum atomic E-state index is -1.05. The fourth-order valence-electron chi connectivity index (χ4n) is 5.28. The number of nitrogens with zero attached hydrogens (tertiary/aromatic N) is 1. The van der Waals surface area contributed by atoms with Crippen molar-refractivity contribution in [3.63, 3.8) is 0 Å². The number of non-ortho nitro benzene ring substituents is 1. The molecule has 0 bridgehead atoms. The normalized spacial score (nSPS) is 17.8. The number of aliphatic hydroxyl groups is 9. The first-order valence-corrected chi connectivity index (χ1v) is 17.1. The molecule has 0 aromatic heterocycles. The number of hydrogen-bond donors (Lipinski definition) is 10. The Labute approximate surface area is 288 Å². The quantitative estimate of drug-likeness (QED) is 0.0257. The van der Waals surface area contributed by atoms with E-state index in [1.165, 1.54) is 30.4 Å². The molecule has 0 saturated heterocycles. The van der Waals surface area contributed by atoms with Crippen molar-refractivity contribution in [3.8, 4) is 0 Å². The second-order valence-electron chi connectivity index (χ2n) is 12.8. The molecule has 14 nitrogen and oxygen atoms in total. The molecule has 0 radical (unpaired) electrons. The Hall–Kier alpha value is -2.63. The van der Waals surface area contributed by atoms with E-state index in [9.17, 15) is 60.9 Å². The van der Waals surface area contributed by atoms with Crippen molar-refractivity contribution in [3.05, 3.63) is 64.2 Å². The van der Waals surface area contributed by atoms with Crippen molar-refractivity contribution in [2.45, 2.75) is 145 Å². The smallest absolute Gasteiger partial charge is 0.269 e. The van der Waals surface area contributed by atoms with Gasteiger partial charge in [-0.2, -0.15) is 0 Å². The molecule has 0 aliphatic rings. The molecule has 280 valence electrons. The highest BCUT2D eigenvalue weighted by atomic mass is 16.6. The zero-order valence-electron chi connectivity index (χ0n) is 28.4. The van der Waals surface area contributed by atoms with E-state index in [2.05, 4.69) is 5.32 Å². The summed E-state index contributed by atoms with van der Waals surface area (Å²) >= 11 is 0. The lowest BCUT2D eigenvalue weighted by atomic mass is 9.99. The van der Waals surface area contributed by atoms with Crippen molar-refractivity contribution < 1.29 is 55.7 Å². The van der Waals surface area contributed by atoms with Crippen LogP contribution in [0.3, 0.4) is 0 Å². The molecule has 1 aromatic rings. The van der Waals surface area contributed by atoms with Gasteiger partial charge in [0, 0.05) is 44.4 Å². The van der Waals surface area contributed by atoms with Gasteiger partial charge in [-0.3, -0.25) is 14.9 Å². The molecule has 9 atom stereocenters. The second-order valence-corrected chi connectivity index (χ2v) is 12.8. The van der Waals surface area contributed by atoms with Gasteiger partial charge in [0.05, 0.1) is 59.9 Å². The number of benzene rings is 1. The topological polar surface area (TPSA) is 254 Å². The van der Waals surface area contributed by atoms with Gasteiger partial charge in [-0.25, -0.2) is 0 Å². The largest absolute Gasteiger partial charge is 0.393 e. The minimum Gasteiger partial charge on any atom is -0.393 e. The van der Waals surface area contributed by atoms with Crippen LogP contribution in [0.1, 0.15) is 89.5 Å². The molecular weight excluding hydrogens is 640 g/mol. The van der Waals surface area contributed by atoms with Crippen LogP contribution in [0, 0.1) is 10.1 Å². The molecule has 49 heavy (non-hydrogen) atoms. The molecule has 0 heterocycles. The average Bonchev–Trinajstić information content (AvgIpc) is 3.00. The predicted octanol–water partition coefficient (Wildman–Crippen LogP) is 1.32. The maximum absolute atomic E-state index is 11.4. The number of rotatable bonds is 28. The number of nitro benzene ring substituents is 1. The highest BCUT2D eigenvalue weighted by Crippen LogP contribution is 2.16. The molecular formula is C35H58N2O12. The number of carbonyl (C=O) groups is 1. The van der Waals surface area contributed by atoms with Crippen molar-refractivity contribution in [1.82, 2.24) is 5.32 Å². The number of ketones is 1. The lowest BCUT2D eigenvalue weighted by molar-refractivity contribution is -0.384. The Morgan fingerprint density at radius 3 is 1.69 bits per heavy atom. The van der Waals surface area contributed by atoms with Crippen LogP contribution in [0.25, 0.3) is 0 Å². The summed E-state index contributed by atoms with van der Waals surface area (Å²) in [7, 11) is 0. The van der Waals surface area contributed by atoms with Crippen molar-refractivity contribution in [1.29, 1.82) is 0 Å². The van der Waals surface area contributed by atoms with Gasteiger partial charge in [0.25, 0.3) is 5.69 Å². The van der Waals surface area contributed by atoms with Gasteiger partial charge < -0.3 is 51.3 Å². The van der Waals surface area contributed by atoms with Gasteiger partial charge >= 0.3 is 0 Å². The molecule has 1 aromatic carbocycles. The Balaban J connectivity index is 2.20. The highest BCUT2D eigenvalue weighted by Gasteiger charge is 2.19. The predicted molar refractivity (Wildman–Crippen MR) is 183 cm³/mol. The van der Waals surface area contributed by atoms with E-state index in [-0.39, 0.29) is 69.3 Å². The third-order valence-electron chi connectivity index (χ3n) is 7.96. The third-order valence-corrected chi connectivity index (χ3v) is 7.96. The van der Waals surface area contributed by atoms with Crippen LogP contribution in [0.4, 0.5) is 5.69 Å². The standard InChI is InChI=1S/C35H58N2O12/c1-2-26(38)16-32(44)21-33(45)18-29(41)8-4-9-30(42)20-35(47)22-34(46)19-28(40)7-3-6-27(39)17-31(43)10-5-15-36-23-24-11-13-25(14-12-24)37(48)49/h3-4,7-8,11-14,27-36,39-47H,2,5-6,9-10,15-23H2,1H3/b7-3+,8-4+. The maximum Gasteiger partial charge on any atom is 0.269 e. The number of nitrogens with one attached hydrogen (secondary N) is 1. The zero-order valence-corrected chi connectivity index (χ0v) is 28.4. The van der Waals surface area contributed by atoms with Gasteiger partial charge in [-0.05, 0) is 63.5 Å². The first-order valence-electron chi connectivity index (χ1n) is 17.1. The van der Waals surface area contributed by atoms with Crippen molar-refractivity contribution >= 4 is 11.5 Å². The molecule has 0 aliphatic carbocycles. The van der Waals surface area contributed by atoms with Crippen LogP contribution in [0.15, 0.2) is 48.6 Å². The molecule has 10 N–H and O–H groups in total. The molecule has 0 aliphatic heterocycles. The fourth-order valence-corrected chi connectivity index (χ4v) is 5.28. The number of hydrogen-bond acceptors (Lipinski definition) is 13. The number of Topliss-reactive ketones (excluding diaryl/α,β-unsaturated/α-hetero) is 1. The Bertz CT molecular complexity index is 1100. The molecule has 0 spiro atoms. The summed E-state index contributed by atoms with van der Waals surface area (Å²) < 4.78 is 0. The van der Waals surface area contributed by atoms with Crippen LogP contribution in [0.2, 0.25) is 0 Å². The Morgan fingerprint density at radius 2 is 1.18 bits per heavy atom. The summed E-state index contributed by atoms with van der Waals surface area (Å²) in [5.41, 5.74) is 0.939. The Morgan fingerprint density at radius 1 is 0.714 bits per heavy atom. The summed E-state index contributed by atoms with van der Waals surface area (Å²) in [4.78, 5) is 21.6. The van der Waals surface area contributed by atoms with Crippen molar-refractivity contribution in [2.24, 2.45) is 0 Å². The van der Waals surface area contributed by atoms with E-state index in [0.717, 1.165) is 5.56 Å². The Kier molecular flexibility index (Phi) is 23.0. The van der Waals surface area contributed by atoms with E-state index >= 15 is 0 Å². The summed E-state index contributed by atoms with van der Waals surface area (Å²) in [5.74, 6) is -0.115. The van der Waals surface area contributed by atoms with Gasteiger partial charge in [-0.1, -0.05) is 43.4 Å². The van der Waals surface area contributed by atoms with Gasteiger partial charge in [0.2, 0.25) is 0 Å². The fraction of sp³-hybridized carbons (Fsp3) is 0.686. The minimum absolute atomic E-state index is 0.0331. The SMILES string of the molecule is CCC(=O)CC(O)CC(O)CC(O)/C=C/CC(O)CC(O)CC(O)CC(O)/C=C/CC(O)CC(O)CCCNCc1ccc([N+](=O)[O-])cc1. The van der Waals surface area contributed by atoms with E-state index in [1.807, 2.05) is 0 Å². The van der Waals surface area contributed by atoms with Gasteiger partial charge in [0.1, 0.15) is 5.78 Å². The molecule has 9 unspecified atom stereocenters. The van der Waals surface area contributed by atoms with Crippen LogP contribution < -0.4 is 5.32 Å². The van der Waals surface area contributed by atoms with Crippen LogP contribution in [-0.4, -0.2) is 118 Å². The third kappa shape index (κ3) is 22.7. The number of carbonyl (C=O) groups excluding carboxylic acids is 1. The maximum atomic E-state index is 11.4. The second kappa shape index (κ2) is 25.3. The molecule has 0 saturated carbocycles.